The summed E-state index contributed by atoms with van der Waals surface area (Å²) >= 11 is 5.97. The average Bonchev–Trinajstić information content (AvgIpc) is 2.53. The number of carbonyl (C=O) groups is 2. The maximum Gasteiger partial charge on any atom is 0.410 e. The normalized spacial score (nSPS) is 17.6. The number of carbonyl (C=O) groups excluding carboxylic acids is 2. The first-order chi connectivity index (χ1) is 11.7. The molecule has 0 radical (unpaired) electrons. The summed E-state index contributed by atoms with van der Waals surface area (Å²) in [5, 5.41) is 12.0. The van der Waals surface area contributed by atoms with Crippen molar-refractivity contribution in [2.75, 3.05) is 13.1 Å². The molecule has 6 nitrogen and oxygen atoms in total. The second kappa shape index (κ2) is 7.75. The van der Waals surface area contributed by atoms with Gasteiger partial charge in [0.05, 0.1) is 10.6 Å². The first-order valence-electron chi connectivity index (χ1n) is 8.18. The average molecular weight is 364 g/mol. The molecule has 1 aliphatic heterocycles. The summed E-state index contributed by atoms with van der Waals surface area (Å²) in [6, 6.07) is 6.37. The van der Waals surface area contributed by atoms with Crippen LogP contribution in [0.15, 0.2) is 18.2 Å². The molecule has 0 saturated carbocycles. The fourth-order valence-corrected chi connectivity index (χ4v) is 2.83. The number of piperidine rings is 1. The maximum atomic E-state index is 12.4. The van der Waals surface area contributed by atoms with Crippen LogP contribution in [-0.2, 0) is 4.74 Å². The van der Waals surface area contributed by atoms with Gasteiger partial charge in [-0.1, -0.05) is 11.6 Å². The molecule has 0 aromatic heterocycles. The van der Waals surface area contributed by atoms with Gasteiger partial charge in [0.15, 0.2) is 0 Å². The van der Waals surface area contributed by atoms with Crippen LogP contribution in [0.2, 0.25) is 5.02 Å². The third-order valence-corrected chi connectivity index (χ3v) is 4.07. The number of nitriles is 1. The van der Waals surface area contributed by atoms with Crippen LogP contribution in [0.5, 0.6) is 0 Å². The Morgan fingerprint density at radius 2 is 2.12 bits per heavy atom. The number of amides is 2. The highest BCUT2D eigenvalue weighted by Gasteiger charge is 2.28. The van der Waals surface area contributed by atoms with Gasteiger partial charge in [0, 0.05) is 24.7 Å². The van der Waals surface area contributed by atoms with E-state index >= 15 is 0 Å². The highest BCUT2D eigenvalue weighted by Crippen LogP contribution is 2.18. The molecule has 1 fully saturated rings. The van der Waals surface area contributed by atoms with Crippen molar-refractivity contribution in [1.29, 1.82) is 5.26 Å². The highest BCUT2D eigenvalue weighted by molar-refractivity contribution is 6.32. The molecular weight excluding hydrogens is 342 g/mol. The predicted octanol–water partition coefficient (Wildman–Crippen LogP) is 3.34. The number of benzene rings is 1. The van der Waals surface area contributed by atoms with Crippen molar-refractivity contribution in [2.45, 2.75) is 45.3 Å². The van der Waals surface area contributed by atoms with E-state index in [0.717, 1.165) is 12.8 Å². The predicted molar refractivity (Wildman–Crippen MR) is 94.5 cm³/mol. The van der Waals surface area contributed by atoms with Crippen LogP contribution in [0.4, 0.5) is 4.79 Å². The number of ether oxygens (including phenoxy) is 1. The standard InChI is InChI=1S/C18H22ClN3O3/c1-18(2,3)25-17(24)22-8-4-5-14(11-22)21-16(23)12-6-7-13(10-20)15(19)9-12/h6-7,9,14H,4-5,8,11H2,1-3H3,(H,21,23). The molecule has 7 heteroatoms. The highest BCUT2D eigenvalue weighted by atomic mass is 35.5. The van der Waals surface area contributed by atoms with Crippen molar-refractivity contribution in [1.82, 2.24) is 10.2 Å². The molecule has 0 bridgehead atoms. The number of halogens is 1. The SMILES string of the molecule is CC(C)(C)OC(=O)N1CCCC(NC(=O)c2ccc(C#N)c(Cl)c2)C1. The van der Waals surface area contributed by atoms with Gasteiger partial charge in [0.1, 0.15) is 11.7 Å². The molecule has 1 saturated heterocycles. The van der Waals surface area contributed by atoms with E-state index < -0.39 is 5.60 Å². The first-order valence-corrected chi connectivity index (χ1v) is 8.56. The summed E-state index contributed by atoms with van der Waals surface area (Å²) in [5.41, 5.74) is 0.164. The Labute approximate surface area is 152 Å². The first kappa shape index (κ1) is 19.1. The van der Waals surface area contributed by atoms with Gasteiger partial charge in [-0.2, -0.15) is 5.26 Å². The van der Waals surface area contributed by atoms with Gasteiger partial charge in [0.25, 0.3) is 5.91 Å². The van der Waals surface area contributed by atoms with Crippen molar-refractivity contribution >= 4 is 23.6 Å². The molecule has 1 heterocycles. The van der Waals surface area contributed by atoms with Crippen molar-refractivity contribution < 1.29 is 14.3 Å². The Morgan fingerprint density at radius 3 is 2.72 bits per heavy atom. The molecular formula is C18H22ClN3O3. The third kappa shape index (κ3) is 5.36. The summed E-state index contributed by atoms with van der Waals surface area (Å²) in [5.74, 6) is -0.276. The minimum absolute atomic E-state index is 0.150. The number of rotatable bonds is 2. The van der Waals surface area contributed by atoms with Crippen molar-refractivity contribution in [3.05, 3.63) is 34.3 Å². The lowest BCUT2D eigenvalue weighted by Gasteiger charge is -2.34. The van der Waals surface area contributed by atoms with Crippen molar-refractivity contribution in [3.63, 3.8) is 0 Å². The molecule has 1 aromatic carbocycles. The number of hydrogen-bond acceptors (Lipinski definition) is 4. The maximum absolute atomic E-state index is 12.4. The van der Waals surface area contributed by atoms with E-state index in [-0.39, 0.29) is 23.1 Å². The van der Waals surface area contributed by atoms with E-state index in [1.165, 1.54) is 12.1 Å². The zero-order chi connectivity index (χ0) is 18.6. The Hall–Kier alpha value is -2.26. The second-order valence-electron chi connectivity index (χ2n) is 7.05. The van der Waals surface area contributed by atoms with Gasteiger partial charge >= 0.3 is 6.09 Å². The summed E-state index contributed by atoms with van der Waals surface area (Å²) < 4.78 is 5.38. The molecule has 1 N–H and O–H groups in total. The van der Waals surface area contributed by atoms with E-state index in [1.54, 1.807) is 11.0 Å². The van der Waals surface area contributed by atoms with E-state index in [0.29, 0.717) is 24.2 Å². The van der Waals surface area contributed by atoms with Gasteiger partial charge < -0.3 is 15.0 Å². The zero-order valence-corrected chi connectivity index (χ0v) is 15.4. The van der Waals surface area contributed by atoms with Crippen molar-refractivity contribution in [2.24, 2.45) is 0 Å². The lowest BCUT2D eigenvalue weighted by molar-refractivity contribution is 0.0185. The van der Waals surface area contributed by atoms with E-state index in [9.17, 15) is 9.59 Å². The Kier molecular flexibility index (Phi) is 5.91. The van der Waals surface area contributed by atoms with E-state index in [2.05, 4.69) is 5.32 Å². The fraction of sp³-hybridized carbons (Fsp3) is 0.500. The van der Waals surface area contributed by atoms with Crippen LogP contribution in [-0.4, -0.2) is 41.6 Å². The monoisotopic (exact) mass is 363 g/mol. The van der Waals surface area contributed by atoms with Crippen LogP contribution in [0.25, 0.3) is 0 Å². The van der Waals surface area contributed by atoms with Crippen LogP contribution in [0.3, 0.4) is 0 Å². The van der Waals surface area contributed by atoms with Gasteiger partial charge in [-0.15, -0.1) is 0 Å². The molecule has 0 spiro atoms. The molecule has 1 atom stereocenters. The number of likely N-dealkylation sites (tertiary alicyclic amines) is 1. The van der Waals surface area contributed by atoms with Gasteiger partial charge in [-0.05, 0) is 51.8 Å². The van der Waals surface area contributed by atoms with Gasteiger partial charge in [0.2, 0.25) is 0 Å². The number of hydrogen-bond donors (Lipinski definition) is 1. The fourth-order valence-electron chi connectivity index (χ4n) is 2.60. The molecule has 134 valence electrons. The van der Waals surface area contributed by atoms with Crippen LogP contribution < -0.4 is 5.32 Å². The molecule has 2 amide bonds. The topological polar surface area (TPSA) is 82.4 Å². The Morgan fingerprint density at radius 1 is 1.40 bits per heavy atom. The minimum Gasteiger partial charge on any atom is -0.444 e. The van der Waals surface area contributed by atoms with Crippen LogP contribution >= 0.6 is 11.6 Å². The molecule has 0 aliphatic carbocycles. The minimum atomic E-state index is -0.549. The van der Waals surface area contributed by atoms with E-state index in [1.807, 2.05) is 26.8 Å². The van der Waals surface area contributed by atoms with Crippen molar-refractivity contribution in [3.8, 4) is 6.07 Å². The third-order valence-electron chi connectivity index (χ3n) is 3.76. The smallest absolute Gasteiger partial charge is 0.410 e. The molecule has 2 rings (SSSR count). The van der Waals surface area contributed by atoms with Crippen LogP contribution in [0.1, 0.15) is 49.5 Å². The molecule has 1 aromatic rings. The number of nitrogens with zero attached hydrogens (tertiary/aromatic N) is 2. The molecule has 1 unspecified atom stereocenters. The Balaban J connectivity index is 1.98. The van der Waals surface area contributed by atoms with Gasteiger partial charge in [-0.25, -0.2) is 4.79 Å². The Bertz CT molecular complexity index is 706. The molecule has 1 aliphatic rings. The second-order valence-corrected chi connectivity index (χ2v) is 7.45. The quantitative estimate of drug-likeness (QED) is 0.873. The van der Waals surface area contributed by atoms with Crippen LogP contribution in [0, 0.1) is 11.3 Å². The van der Waals surface area contributed by atoms with E-state index in [4.69, 9.17) is 21.6 Å². The summed E-state index contributed by atoms with van der Waals surface area (Å²) in [6.45, 7) is 6.49. The lowest BCUT2D eigenvalue weighted by Crippen LogP contribution is -2.50. The largest absolute Gasteiger partial charge is 0.444 e. The number of nitrogens with one attached hydrogen (secondary N) is 1. The molecule has 25 heavy (non-hydrogen) atoms. The van der Waals surface area contributed by atoms with Gasteiger partial charge in [-0.3, -0.25) is 4.79 Å². The summed E-state index contributed by atoms with van der Waals surface area (Å²) in [4.78, 5) is 26.2. The zero-order valence-electron chi connectivity index (χ0n) is 14.6. The summed E-state index contributed by atoms with van der Waals surface area (Å²) in [6.07, 6.45) is 1.21. The lowest BCUT2D eigenvalue weighted by atomic mass is 10.0. The summed E-state index contributed by atoms with van der Waals surface area (Å²) in [7, 11) is 0.